The number of aryl methyl sites for hydroxylation is 1. The van der Waals surface area contributed by atoms with E-state index in [9.17, 15) is 4.79 Å². The summed E-state index contributed by atoms with van der Waals surface area (Å²) in [6, 6.07) is 8.71. The molecule has 0 bridgehead atoms. The Kier molecular flexibility index (Phi) is 9.57. The molecule has 2 aliphatic heterocycles. The molecule has 1 aromatic rings. The number of carbonyl (C=O) groups is 1. The van der Waals surface area contributed by atoms with Gasteiger partial charge in [-0.2, -0.15) is 0 Å². The van der Waals surface area contributed by atoms with Crippen molar-refractivity contribution in [2.45, 2.75) is 13.3 Å². The third-order valence-corrected chi connectivity index (χ3v) is 4.85. The fourth-order valence-corrected chi connectivity index (χ4v) is 3.38. The number of anilines is 1. The molecule has 0 aromatic heterocycles. The lowest BCUT2D eigenvalue weighted by Crippen LogP contribution is -2.49. The fourth-order valence-electron chi connectivity index (χ4n) is 3.38. The van der Waals surface area contributed by atoms with Crippen LogP contribution in [0.5, 0.6) is 0 Å². The van der Waals surface area contributed by atoms with E-state index in [1.165, 1.54) is 11.3 Å². The molecule has 2 saturated heterocycles. The van der Waals surface area contributed by atoms with Crippen LogP contribution in [0.25, 0.3) is 0 Å². The van der Waals surface area contributed by atoms with Crippen LogP contribution in [0.15, 0.2) is 24.3 Å². The molecule has 25 heavy (non-hydrogen) atoms. The van der Waals surface area contributed by atoms with Crippen LogP contribution < -0.4 is 10.2 Å². The molecule has 7 heteroatoms. The van der Waals surface area contributed by atoms with Crippen LogP contribution in [-0.4, -0.2) is 74.6 Å². The third kappa shape index (κ3) is 6.33. The fraction of sp³-hybridized carbons (Fsp3) is 0.611. The van der Waals surface area contributed by atoms with Gasteiger partial charge in [0.2, 0.25) is 5.91 Å². The minimum absolute atomic E-state index is 0. The average molecular weight is 389 g/mol. The molecule has 1 N–H and O–H groups in total. The summed E-state index contributed by atoms with van der Waals surface area (Å²) in [5.74, 6) is 0.313. The quantitative estimate of drug-likeness (QED) is 0.852. The number of nitrogens with one attached hydrogen (secondary N) is 1. The molecule has 1 amide bonds. The molecule has 0 spiro atoms. The van der Waals surface area contributed by atoms with Crippen molar-refractivity contribution in [1.29, 1.82) is 0 Å². The predicted octanol–water partition coefficient (Wildman–Crippen LogP) is 1.78. The van der Waals surface area contributed by atoms with Gasteiger partial charge in [-0.25, -0.2) is 0 Å². The summed E-state index contributed by atoms with van der Waals surface area (Å²) in [6.07, 6.45) is 0.657. The van der Waals surface area contributed by atoms with Gasteiger partial charge in [0, 0.05) is 71.0 Å². The standard InChI is InChI=1S/C18H28N4O.2ClH/c1-16-3-2-4-17(15-16)21-13-11-20(12-14-21)8-5-18(23)22-9-6-19-7-10-22;;/h2-4,15,19H,5-14H2,1H3;2*1H. The molecule has 1 aromatic carbocycles. The number of hydrogen-bond acceptors (Lipinski definition) is 4. The van der Waals surface area contributed by atoms with E-state index in [1.807, 2.05) is 4.90 Å². The van der Waals surface area contributed by atoms with Crippen molar-refractivity contribution in [3.05, 3.63) is 29.8 Å². The zero-order chi connectivity index (χ0) is 16.1. The minimum Gasteiger partial charge on any atom is -0.369 e. The maximum absolute atomic E-state index is 12.2. The van der Waals surface area contributed by atoms with Gasteiger partial charge in [-0.15, -0.1) is 24.8 Å². The molecular weight excluding hydrogens is 359 g/mol. The topological polar surface area (TPSA) is 38.8 Å². The van der Waals surface area contributed by atoms with E-state index in [1.54, 1.807) is 0 Å². The molecular formula is C18H30Cl2N4O. The first-order valence-electron chi connectivity index (χ1n) is 8.75. The smallest absolute Gasteiger partial charge is 0.223 e. The number of piperazine rings is 2. The molecule has 0 aliphatic carbocycles. The van der Waals surface area contributed by atoms with Gasteiger partial charge in [0.1, 0.15) is 0 Å². The van der Waals surface area contributed by atoms with E-state index < -0.39 is 0 Å². The molecule has 3 rings (SSSR count). The highest BCUT2D eigenvalue weighted by molar-refractivity contribution is 5.85. The lowest BCUT2D eigenvalue weighted by atomic mass is 10.2. The summed E-state index contributed by atoms with van der Waals surface area (Å²) in [6.45, 7) is 10.8. The Morgan fingerprint density at radius 3 is 2.36 bits per heavy atom. The van der Waals surface area contributed by atoms with Crippen LogP contribution in [0, 0.1) is 6.92 Å². The van der Waals surface area contributed by atoms with Crippen molar-refractivity contribution >= 4 is 36.4 Å². The Labute approximate surface area is 163 Å². The molecule has 0 unspecified atom stereocenters. The Bertz CT molecular complexity index is 530. The summed E-state index contributed by atoms with van der Waals surface area (Å²) >= 11 is 0. The number of benzene rings is 1. The first-order chi connectivity index (χ1) is 11.2. The maximum atomic E-state index is 12.2. The predicted molar refractivity (Wildman–Crippen MR) is 108 cm³/mol. The number of nitrogens with zero attached hydrogens (tertiary/aromatic N) is 3. The van der Waals surface area contributed by atoms with Crippen molar-refractivity contribution in [2.24, 2.45) is 0 Å². The Morgan fingerprint density at radius 1 is 1.04 bits per heavy atom. The molecule has 2 aliphatic rings. The minimum atomic E-state index is 0. The largest absolute Gasteiger partial charge is 0.369 e. The molecule has 2 fully saturated rings. The molecule has 5 nitrogen and oxygen atoms in total. The average Bonchev–Trinajstić information content (AvgIpc) is 2.61. The lowest BCUT2D eigenvalue weighted by molar-refractivity contribution is -0.132. The second-order valence-corrected chi connectivity index (χ2v) is 6.55. The summed E-state index contributed by atoms with van der Waals surface area (Å²) in [5.41, 5.74) is 2.63. The zero-order valence-electron chi connectivity index (χ0n) is 14.9. The molecule has 142 valence electrons. The monoisotopic (exact) mass is 388 g/mol. The number of halogens is 2. The Hall–Kier alpha value is -1.01. The Balaban J connectivity index is 0.00000156. The van der Waals surface area contributed by atoms with E-state index in [2.05, 4.69) is 46.3 Å². The van der Waals surface area contributed by atoms with Crippen LogP contribution in [0.2, 0.25) is 0 Å². The zero-order valence-corrected chi connectivity index (χ0v) is 16.6. The molecule has 2 heterocycles. The maximum Gasteiger partial charge on any atom is 0.223 e. The van der Waals surface area contributed by atoms with Gasteiger partial charge >= 0.3 is 0 Å². The van der Waals surface area contributed by atoms with Gasteiger partial charge < -0.3 is 15.1 Å². The van der Waals surface area contributed by atoms with Crippen molar-refractivity contribution in [2.75, 3.05) is 63.8 Å². The van der Waals surface area contributed by atoms with Crippen LogP contribution in [0.1, 0.15) is 12.0 Å². The summed E-state index contributed by atoms with van der Waals surface area (Å²) < 4.78 is 0. The first kappa shape index (κ1) is 22.0. The van der Waals surface area contributed by atoms with E-state index >= 15 is 0 Å². The summed E-state index contributed by atoms with van der Waals surface area (Å²) in [4.78, 5) is 19.1. The van der Waals surface area contributed by atoms with Crippen LogP contribution in [0.4, 0.5) is 5.69 Å². The number of hydrogen-bond donors (Lipinski definition) is 1. The molecule has 0 saturated carbocycles. The van der Waals surface area contributed by atoms with Crippen molar-refractivity contribution in [3.8, 4) is 0 Å². The van der Waals surface area contributed by atoms with E-state index in [0.29, 0.717) is 12.3 Å². The second kappa shape index (κ2) is 10.9. The van der Waals surface area contributed by atoms with Crippen molar-refractivity contribution < 1.29 is 4.79 Å². The first-order valence-corrected chi connectivity index (χ1v) is 8.75. The van der Waals surface area contributed by atoms with Gasteiger partial charge in [-0.05, 0) is 24.6 Å². The van der Waals surface area contributed by atoms with Crippen LogP contribution in [0.3, 0.4) is 0 Å². The SMILES string of the molecule is Cc1cccc(N2CCN(CCC(=O)N3CCNCC3)CC2)c1.Cl.Cl. The number of rotatable bonds is 4. The van der Waals surface area contributed by atoms with Gasteiger partial charge in [0.05, 0.1) is 0 Å². The second-order valence-electron chi connectivity index (χ2n) is 6.55. The van der Waals surface area contributed by atoms with Crippen LogP contribution in [-0.2, 0) is 4.79 Å². The van der Waals surface area contributed by atoms with Gasteiger partial charge in [-0.3, -0.25) is 9.69 Å². The van der Waals surface area contributed by atoms with E-state index in [0.717, 1.165) is 58.9 Å². The highest BCUT2D eigenvalue weighted by Crippen LogP contribution is 2.17. The highest BCUT2D eigenvalue weighted by Gasteiger charge is 2.20. The Morgan fingerprint density at radius 2 is 1.72 bits per heavy atom. The summed E-state index contributed by atoms with van der Waals surface area (Å²) in [7, 11) is 0. The van der Waals surface area contributed by atoms with E-state index in [-0.39, 0.29) is 24.8 Å². The third-order valence-electron chi connectivity index (χ3n) is 4.85. The summed E-state index contributed by atoms with van der Waals surface area (Å²) in [5, 5.41) is 3.29. The lowest BCUT2D eigenvalue weighted by Gasteiger charge is -2.36. The van der Waals surface area contributed by atoms with Crippen LogP contribution >= 0.6 is 24.8 Å². The van der Waals surface area contributed by atoms with Gasteiger partial charge in [0.15, 0.2) is 0 Å². The van der Waals surface area contributed by atoms with E-state index in [4.69, 9.17) is 0 Å². The highest BCUT2D eigenvalue weighted by atomic mass is 35.5. The van der Waals surface area contributed by atoms with Gasteiger partial charge in [-0.1, -0.05) is 12.1 Å². The molecule has 0 radical (unpaired) electrons. The number of carbonyl (C=O) groups excluding carboxylic acids is 1. The van der Waals surface area contributed by atoms with Gasteiger partial charge in [0.25, 0.3) is 0 Å². The van der Waals surface area contributed by atoms with Crippen molar-refractivity contribution in [1.82, 2.24) is 15.1 Å². The normalized spacial score (nSPS) is 18.3. The van der Waals surface area contributed by atoms with Crippen molar-refractivity contribution in [3.63, 3.8) is 0 Å². The molecule has 0 atom stereocenters. The number of amides is 1.